The topological polar surface area (TPSA) is 27.1 Å². The van der Waals surface area contributed by atoms with Gasteiger partial charge in [-0.2, -0.15) is 23.0 Å². The molecule has 0 saturated carbocycles. The molecule has 0 spiro atoms. The molecule has 0 N–H and O–H groups in total. The van der Waals surface area contributed by atoms with E-state index < -0.39 is 11.9 Å². The Morgan fingerprint density at radius 2 is 1.70 bits per heavy atom. The molecule has 3 aromatic rings. The molecule has 0 amide bonds. The summed E-state index contributed by atoms with van der Waals surface area (Å²) < 4.78 is 45.8. The lowest BCUT2D eigenvalue weighted by Crippen LogP contribution is -2.08. The Kier molecular flexibility index (Phi) is 5.89. The number of para-hydroxylation sites is 1. The number of ether oxygens (including phenoxy) is 1. The molecule has 2 aromatic carbocycles. The molecule has 0 fully saturated rings. The van der Waals surface area contributed by atoms with Crippen molar-refractivity contribution in [1.29, 1.82) is 0 Å². The number of rotatable bonds is 5. The monoisotopic (exact) mass is 434 g/mol. The maximum absolute atomic E-state index is 13.1. The molecule has 3 nitrogen and oxygen atoms in total. The first kappa shape index (κ1) is 19.9. The van der Waals surface area contributed by atoms with Crippen LogP contribution in [0.3, 0.4) is 0 Å². The van der Waals surface area contributed by atoms with Crippen molar-refractivity contribution in [3.63, 3.8) is 0 Å². The third-order valence-electron chi connectivity index (χ3n) is 3.68. The molecule has 0 bridgehead atoms. The molecule has 0 atom stereocenters. The molecular weight excluding hydrogens is 424 g/mol. The van der Waals surface area contributed by atoms with Crippen molar-refractivity contribution in [3.8, 4) is 11.6 Å². The zero-order valence-corrected chi connectivity index (χ0v) is 15.9. The molecule has 9 heteroatoms. The van der Waals surface area contributed by atoms with Gasteiger partial charge in [0.05, 0.1) is 17.3 Å². The van der Waals surface area contributed by atoms with Crippen LogP contribution in [-0.2, 0) is 12.6 Å². The van der Waals surface area contributed by atoms with Gasteiger partial charge in [0.15, 0.2) is 5.69 Å². The van der Waals surface area contributed by atoms with Crippen LogP contribution >= 0.6 is 34.8 Å². The second-order valence-corrected chi connectivity index (χ2v) is 6.81. The summed E-state index contributed by atoms with van der Waals surface area (Å²) >= 11 is 18.0. The molecular formula is C18H12Cl3F3N2O. The number of nitrogens with zero attached hydrogens (tertiary/aromatic N) is 2. The zero-order valence-electron chi connectivity index (χ0n) is 13.6. The molecule has 142 valence electrons. The molecule has 0 aliphatic carbocycles. The Morgan fingerprint density at radius 3 is 2.37 bits per heavy atom. The van der Waals surface area contributed by atoms with Crippen LogP contribution in [0.4, 0.5) is 13.2 Å². The molecule has 3 rings (SSSR count). The molecule has 0 radical (unpaired) electrons. The summed E-state index contributed by atoms with van der Waals surface area (Å²) in [6.45, 7) is 0.0921. The Balaban J connectivity index is 1.85. The first-order valence-corrected chi connectivity index (χ1v) is 8.88. The van der Waals surface area contributed by atoms with Gasteiger partial charge in [-0.15, -0.1) is 0 Å². The SMILES string of the molecule is FC(F)(F)c1cc(OCCc2ccc(Cl)cc2Cl)n(-c2ccccc2Cl)n1. The van der Waals surface area contributed by atoms with E-state index in [2.05, 4.69) is 5.10 Å². The molecule has 0 unspecified atom stereocenters. The minimum absolute atomic E-state index is 0.0690. The van der Waals surface area contributed by atoms with E-state index in [-0.39, 0.29) is 23.2 Å². The predicted molar refractivity (Wildman–Crippen MR) is 99.2 cm³/mol. The van der Waals surface area contributed by atoms with Gasteiger partial charge in [0.25, 0.3) is 0 Å². The Labute approximate surface area is 168 Å². The second-order valence-electron chi connectivity index (χ2n) is 5.56. The number of halogens is 6. The highest BCUT2D eigenvalue weighted by Gasteiger charge is 2.35. The van der Waals surface area contributed by atoms with Crippen molar-refractivity contribution >= 4 is 34.8 Å². The van der Waals surface area contributed by atoms with Crippen molar-refractivity contribution in [2.75, 3.05) is 6.61 Å². The van der Waals surface area contributed by atoms with E-state index in [1.54, 1.807) is 42.5 Å². The lowest BCUT2D eigenvalue weighted by molar-refractivity contribution is -0.141. The van der Waals surface area contributed by atoms with Crippen LogP contribution < -0.4 is 4.74 Å². The van der Waals surface area contributed by atoms with Gasteiger partial charge in [-0.1, -0.05) is 53.0 Å². The number of hydrogen-bond acceptors (Lipinski definition) is 2. The second kappa shape index (κ2) is 8.00. The first-order chi connectivity index (χ1) is 12.8. The minimum atomic E-state index is -4.61. The third-order valence-corrected chi connectivity index (χ3v) is 4.59. The standard InChI is InChI=1S/C18H12Cl3F3N2O/c19-12-6-5-11(14(21)9-12)7-8-27-17-10-16(18(22,23)24)25-26(17)15-4-2-1-3-13(15)20/h1-6,9-10H,7-8H2. The van der Waals surface area contributed by atoms with Crippen LogP contribution in [-0.4, -0.2) is 16.4 Å². The van der Waals surface area contributed by atoms with Gasteiger partial charge >= 0.3 is 6.18 Å². The summed E-state index contributed by atoms with van der Waals surface area (Å²) in [5, 5.41) is 4.81. The predicted octanol–water partition coefficient (Wildman–Crippen LogP) is 6.47. The molecule has 1 aromatic heterocycles. The fraction of sp³-hybridized carbons (Fsp3) is 0.167. The zero-order chi connectivity index (χ0) is 19.6. The summed E-state index contributed by atoms with van der Waals surface area (Å²) in [6, 6.07) is 12.3. The van der Waals surface area contributed by atoms with Crippen LogP contribution in [0.5, 0.6) is 5.88 Å². The van der Waals surface area contributed by atoms with Gasteiger partial charge in [-0.3, -0.25) is 0 Å². The van der Waals surface area contributed by atoms with Crippen LogP contribution in [0.25, 0.3) is 5.69 Å². The van der Waals surface area contributed by atoms with Crippen molar-refractivity contribution in [2.45, 2.75) is 12.6 Å². The highest BCUT2D eigenvalue weighted by Crippen LogP contribution is 2.33. The van der Waals surface area contributed by atoms with Gasteiger partial charge in [-0.25, -0.2) is 0 Å². The normalized spacial score (nSPS) is 11.6. The van der Waals surface area contributed by atoms with E-state index in [9.17, 15) is 13.2 Å². The van der Waals surface area contributed by atoms with Gasteiger partial charge in [-0.05, 0) is 29.8 Å². The largest absolute Gasteiger partial charge is 0.477 e. The lowest BCUT2D eigenvalue weighted by atomic mass is 10.2. The quantitative estimate of drug-likeness (QED) is 0.459. The molecule has 27 heavy (non-hydrogen) atoms. The third kappa shape index (κ3) is 4.69. The average Bonchev–Trinajstić information content (AvgIpc) is 3.01. The average molecular weight is 436 g/mol. The molecule has 0 saturated heterocycles. The highest BCUT2D eigenvalue weighted by atomic mass is 35.5. The van der Waals surface area contributed by atoms with E-state index in [0.29, 0.717) is 16.5 Å². The maximum atomic E-state index is 13.1. The van der Waals surface area contributed by atoms with Crippen molar-refractivity contribution in [1.82, 2.24) is 9.78 Å². The minimum Gasteiger partial charge on any atom is -0.477 e. The smallest absolute Gasteiger partial charge is 0.435 e. The molecule has 0 aliphatic rings. The van der Waals surface area contributed by atoms with E-state index in [1.807, 2.05) is 0 Å². The first-order valence-electron chi connectivity index (χ1n) is 7.74. The Hall–Kier alpha value is -1.89. The lowest BCUT2D eigenvalue weighted by Gasteiger charge is -2.11. The van der Waals surface area contributed by atoms with Crippen molar-refractivity contribution in [2.24, 2.45) is 0 Å². The fourth-order valence-electron chi connectivity index (χ4n) is 2.39. The van der Waals surface area contributed by atoms with Crippen LogP contribution in [0.1, 0.15) is 11.3 Å². The summed E-state index contributed by atoms with van der Waals surface area (Å²) in [4.78, 5) is 0. The van der Waals surface area contributed by atoms with E-state index in [1.165, 1.54) is 0 Å². The summed E-state index contributed by atoms with van der Waals surface area (Å²) in [5.41, 5.74) is -0.0166. The molecule has 0 aliphatic heterocycles. The summed E-state index contributed by atoms with van der Waals surface area (Å²) in [5.74, 6) is -0.0690. The van der Waals surface area contributed by atoms with Crippen LogP contribution in [0.15, 0.2) is 48.5 Å². The number of hydrogen-bond donors (Lipinski definition) is 0. The highest BCUT2D eigenvalue weighted by molar-refractivity contribution is 6.35. The maximum Gasteiger partial charge on any atom is 0.435 e. The Bertz CT molecular complexity index is 957. The van der Waals surface area contributed by atoms with Gasteiger partial charge < -0.3 is 4.74 Å². The van der Waals surface area contributed by atoms with Crippen LogP contribution in [0, 0.1) is 0 Å². The number of benzene rings is 2. The fourth-order valence-corrected chi connectivity index (χ4v) is 3.11. The van der Waals surface area contributed by atoms with E-state index >= 15 is 0 Å². The van der Waals surface area contributed by atoms with Crippen LogP contribution in [0.2, 0.25) is 15.1 Å². The summed E-state index contributed by atoms with van der Waals surface area (Å²) in [7, 11) is 0. The number of aromatic nitrogens is 2. The van der Waals surface area contributed by atoms with Gasteiger partial charge in [0.2, 0.25) is 5.88 Å². The van der Waals surface area contributed by atoms with Crippen molar-refractivity contribution in [3.05, 3.63) is 74.9 Å². The summed E-state index contributed by atoms with van der Waals surface area (Å²) in [6.07, 6.45) is -4.23. The number of alkyl halides is 3. The van der Waals surface area contributed by atoms with Crippen molar-refractivity contribution < 1.29 is 17.9 Å². The van der Waals surface area contributed by atoms with Gasteiger partial charge in [0, 0.05) is 22.5 Å². The van der Waals surface area contributed by atoms with E-state index in [4.69, 9.17) is 39.5 Å². The van der Waals surface area contributed by atoms with Gasteiger partial charge in [0.1, 0.15) is 0 Å². The molecule has 1 heterocycles. The van der Waals surface area contributed by atoms with E-state index in [0.717, 1.165) is 16.3 Å². The Morgan fingerprint density at radius 1 is 0.963 bits per heavy atom.